The van der Waals surface area contributed by atoms with Gasteiger partial charge in [-0.3, -0.25) is 9.59 Å². The highest BCUT2D eigenvalue weighted by Gasteiger charge is 1.96. The molecule has 0 saturated carbocycles. The molecule has 0 heterocycles. The molecule has 6 heteroatoms. The number of aliphatic carboxylic acids is 1. The van der Waals surface area contributed by atoms with E-state index in [1.807, 2.05) is 6.92 Å². The van der Waals surface area contributed by atoms with Gasteiger partial charge in [0.2, 0.25) is 0 Å². The first-order valence-corrected chi connectivity index (χ1v) is 5.25. The lowest BCUT2D eigenvalue weighted by atomic mass is 10.5. The normalized spacial score (nSPS) is 8.82. The third kappa shape index (κ3) is 20.5. The number of esters is 1. The summed E-state index contributed by atoms with van der Waals surface area (Å²) in [6.07, 6.45) is 0.432. The van der Waals surface area contributed by atoms with Crippen LogP contribution in [0.15, 0.2) is 12.3 Å². The Morgan fingerprint density at radius 1 is 1.24 bits per heavy atom. The predicted molar refractivity (Wildman–Crippen MR) is 61.8 cm³/mol. The Morgan fingerprint density at radius 3 is 2.18 bits per heavy atom. The van der Waals surface area contributed by atoms with Crippen LogP contribution < -0.4 is 0 Å². The summed E-state index contributed by atoms with van der Waals surface area (Å²) in [5, 5.41) is 16.5. The van der Waals surface area contributed by atoms with E-state index in [0.29, 0.717) is 19.6 Å². The molecule has 0 radical (unpaired) electrons. The van der Waals surface area contributed by atoms with E-state index < -0.39 is 5.97 Å². The molecule has 0 aliphatic carbocycles. The molecule has 17 heavy (non-hydrogen) atoms. The topological polar surface area (TPSA) is 93.1 Å². The molecule has 0 aliphatic rings. The summed E-state index contributed by atoms with van der Waals surface area (Å²) in [4.78, 5) is 20.1. The van der Waals surface area contributed by atoms with Crippen molar-refractivity contribution in [3.63, 3.8) is 0 Å². The van der Waals surface area contributed by atoms with E-state index in [9.17, 15) is 9.59 Å². The molecule has 6 nitrogen and oxygen atoms in total. The highest BCUT2D eigenvalue weighted by atomic mass is 16.5. The molecular weight excluding hydrogens is 228 g/mol. The first-order valence-electron chi connectivity index (χ1n) is 5.25. The van der Waals surface area contributed by atoms with Crippen LogP contribution >= 0.6 is 0 Å². The molecule has 0 unspecified atom stereocenters. The quantitative estimate of drug-likeness (QED) is 0.403. The second-order valence-electron chi connectivity index (χ2n) is 2.92. The Morgan fingerprint density at radius 2 is 1.82 bits per heavy atom. The molecule has 0 spiro atoms. The minimum absolute atomic E-state index is 0.0906. The molecule has 0 saturated heterocycles. The lowest BCUT2D eigenvalue weighted by Gasteiger charge is -1.98. The van der Waals surface area contributed by atoms with E-state index in [-0.39, 0.29) is 24.8 Å². The number of carboxylic acid groups (broad SMARTS) is 1. The van der Waals surface area contributed by atoms with E-state index in [0.717, 1.165) is 0 Å². The molecule has 0 aromatic rings. The Kier molecular flexibility index (Phi) is 13.1. The minimum Gasteiger partial charge on any atom is -0.509 e. The number of carbonyl (C=O) groups excluding carboxylic acids is 1. The molecule has 100 valence electrons. The third-order valence-electron chi connectivity index (χ3n) is 1.35. The summed E-state index contributed by atoms with van der Waals surface area (Å²) in [6, 6.07) is 0. The van der Waals surface area contributed by atoms with E-state index in [2.05, 4.69) is 11.3 Å². The van der Waals surface area contributed by atoms with Crippen molar-refractivity contribution in [2.75, 3.05) is 19.8 Å². The van der Waals surface area contributed by atoms with E-state index in [4.69, 9.17) is 14.9 Å². The minimum atomic E-state index is -0.807. The molecule has 0 aromatic carbocycles. The monoisotopic (exact) mass is 248 g/mol. The molecule has 0 amide bonds. The van der Waals surface area contributed by atoms with Crippen LogP contribution in [0.25, 0.3) is 0 Å². The van der Waals surface area contributed by atoms with E-state index in [1.165, 1.54) is 0 Å². The first-order chi connectivity index (χ1) is 7.93. The van der Waals surface area contributed by atoms with E-state index in [1.54, 1.807) is 6.92 Å². The van der Waals surface area contributed by atoms with Gasteiger partial charge in [0.15, 0.2) is 0 Å². The average Bonchev–Trinajstić information content (AvgIpc) is 2.26. The number of carboxylic acids is 1. The van der Waals surface area contributed by atoms with Gasteiger partial charge in [-0.2, -0.15) is 0 Å². The van der Waals surface area contributed by atoms with Gasteiger partial charge in [-0.25, -0.2) is 0 Å². The summed E-state index contributed by atoms with van der Waals surface area (Å²) < 4.78 is 9.23. The van der Waals surface area contributed by atoms with Crippen LogP contribution in [0.2, 0.25) is 0 Å². The van der Waals surface area contributed by atoms with Crippen molar-refractivity contribution < 1.29 is 29.3 Å². The number of hydrogen-bond acceptors (Lipinski definition) is 5. The molecular formula is C11H20O6. The van der Waals surface area contributed by atoms with Gasteiger partial charge < -0.3 is 19.7 Å². The lowest BCUT2D eigenvalue weighted by molar-refractivity contribution is -0.143. The number of aliphatic hydroxyl groups excluding tert-OH is 1. The van der Waals surface area contributed by atoms with Crippen LogP contribution in [0.3, 0.4) is 0 Å². The lowest BCUT2D eigenvalue weighted by Crippen LogP contribution is -2.04. The van der Waals surface area contributed by atoms with E-state index >= 15 is 0 Å². The van der Waals surface area contributed by atoms with Gasteiger partial charge in [0, 0.05) is 13.0 Å². The van der Waals surface area contributed by atoms with Crippen LogP contribution in [0.1, 0.15) is 26.7 Å². The number of ether oxygens (including phenoxy) is 2. The van der Waals surface area contributed by atoms with Crippen LogP contribution in [0.5, 0.6) is 0 Å². The van der Waals surface area contributed by atoms with Crippen molar-refractivity contribution in [2.24, 2.45) is 0 Å². The molecule has 2 N–H and O–H groups in total. The highest BCUT2D eigenvalue weighted by molar-refractivity contribution is 5.68. The fourth-order valence-electron chi connectivity index (χ4n) is 0.570. The fourth-order valence-corrected chi connectivity index (χ4v) is 0.570. The van der Waals surface area contributed by atoms with Crippen molar-refractivity contribution in [1.82, 2.24) is 0 Å². The summed E-state index contributed by atoms with van der Waals surface area (Å²) in [6.45, 7) is 7.48. The largest absolute Gasteiger partial charge is 0.509 e. The molecule has 0 rings (SSSR count). The molecule has 0 aromatic heterocycles. The summed E-state index contributed by atoms with van der Waals surface area (Å²) in [5.74, 6) is -1.26. The van der Waals surface area contributed by atoms with Crippen LogP contribution in [-0.4, -0.2) is 42.0 Å². The summed E-state index contributed by atoms with van der Waals surface area (Å²) >= 11 is 0. The first kappa shape index (κ1) is 17.8. The van der Waals surface area contributed by atoms with Crippen molar-refractivity contribution in [3.8, 4) is 0 Å². The highest BCUT2D eigenvalue weighted by Crippen LogP contribution is 1.88. The maximum absolute atomic E-state index is 10.3. The van der Waals surface area contributed by atoms with Gasteiger partial charge in [-0.15, -0.1) is 0 Å². The number of carbonyl (C=O) groups is 2. The summed E-state index contributed by atoms with van der Waals surface area (Å²) in [7, 11) is 0. The Bertz CT molecular complexity index is 236. The van der Waals surface area contributed by atoms with Gasteiger partial charge in [-0.05, 0) is 6.92 Å². The zero-order valence-electron chi connectivity index (χ0n) is 10.3. The van der Waals surface area contributed by atoms with Crippen LogP contribution in [0, 0.1) is 0 Å². The second kappa shape index (κ2) is 12.5. The number of rotatable bonds is 7. The SMILES string of the molecule is C=C(O)COC(=O)CC.CCOCCC(=O)O. The molecule has 0 atom stereocenters. The molecule has 0 bridgehead atoms. The predicted octanol–water partition coefficient (Wildman–Crippen LogP) is 1.51. The van der Waals surface area contributed by atoms with Gasteiger partial charge in [0.1, 0.15) is 12.4 Å². The average molecular weight is 248 g/mol. The van der Waals surface area contributed by atoms with Gasteiger partial charge in [0.05, 0.1) is 13.0 Å². The van der Waals surface area contributed by atoms with Crippen molar-refractivity contribution in [2.45, 2.75) is 26.7 Å². The third-order valence-corrected chi connectivity index (χ3v) is 1.35. The second-order valence-corrected chi connectivity index (χ2v) is 2.92. The van der Waals surface area contributed by atoms with Crippen molar-refractivity contribution in [3.05, 3.63) is 12.3 Å². The standard InChI is InChI=1S/C6H10O3.C5H10O3/c1-3-6(8)9-4-5(2)7;1-2-8-4-3-5(6)7/h7H,2-4H2,1H3;2-4H2,1H3,(H,6,7). The fraction of sp³-hybridized carbons (Fsp3) is 0.636. The van der Waals surface area contributed by atoms with Crippen molar-refractivity contribution in [1.29, 1.82) is 0 Å². The van der Waals surface area contributed by atoms with Gasteiger partial charge in [0.25, 0.3) is 0 Å². The zero-order valence-corrected chi connectivity index (χ0v) is 10.3. The number of aliphatic hydroxyl groups is 1. The number of hydrogen-bond donors (Lipinski definition) is 2. The zero-order chi connectivity index (χ0) is 13.7. The Labute approximate surface area is 101 Å². The van der Waals surface area contributed by atoms with Crippen LogP contribution in [-0.2, 0) is 19.1 Å². The summed E-state index contributed by atoms with van der Waals surface area (Å²) in [5.41, 5.74) is 0. The maximum atomic E-state index is 10.3. The molecule has 0 fully saturated rings. The van der Waals surface area contributed by atoms with Crippen molar-refractivity contribution >= 4 is 11.9 Å². The Balaban J connectivity index is 0. The maximum Gasteiger partial charge on any atom is 0.305 e. The Hall–Kier alpha value is -1.56. The van der Waals surface area contributed by atoms with Gasteiger partial charge >= 0.3 is 11.9 Å². The van der Waals surface area contributed by atoms with Gasteiger partial charge in [-0.1, -0.05) is 13.5 Å². The molecule has 0 aliphatic heterocycles. The smallest absolute Gasteiger partial charge is 0.305 e. The van der Waals surface area contributed by atoms with Crippen LogP contribution in [0.4, 0.5) is 0 Å².